The number of benzene rings is 2. The molecule has 2 N–H and O–H groups in total. The second-order valence-corrected chi connectivity index (χ2v) is 9.25. The number of rotatable bonds is 5. The van der Waals surface area contributed by atoms with Crippen LogP contribution in [0.3, 0.4) is 0 Å². The molecule has 1 aliphatic carbocycles. The van der Waals surface area contributed by atoms with E-state index in [-0.39, 0.29) is 40.8 Å². The molecule has 0 radical (unpaired) electrons. The van der Waals surface area contributed by atoms with E-state index >= 15 is 0 Å². The summed E-state index contributed by atoms with van der Waals surface area (Å²) >= 11 is 0. The van der Waals surface area contributed by atoms with Gasteiger partial charge in [0, 0.05) is 18.1 Å². The predicted octanol–water partition coefficient (Wildman–Crippen LogP) is 5.60. The summed E-state index contributed by atoms with van der Waals surface area (Å²) < 4.78 is 6.21. The largest absolute Gasteiger partial charge is 0.507 e. The Kier molecular flexibility index (Phi) is 5.05. The van der Waals surface area contributed by atoms with Gasteiger partial charge in [-0.2, -0.15) is 0 Å². The fraction of sp³-hybridized carbons (Fsp3) is 0.480. The fourth-order valence-corrected chi connectivity index (χ4v) is 5.26. The molecule has 1 aliphatic heterocycles. The maximum atomic E-state index is 12.9. The molecular formula is C25H30O4. The van der Waals surface area contributed by atoms with Gasteiger partial charge < -0.3 is 14.9 Å². The zero-order chi connectivity index (χ0) is 20.8. The smallest absolute Gasteiger partial charge is 0.170 e. The molecule has 1 fully saturated rings. The molecule has 0 aromatic heterocycles. The van der Waals surface area contributed by atoms with Crippen LogP contribution in [0.5, 0.6) is 17.2 Å². The first kappa shape index (κ1) is 19.8. The van der Waals surface area contributed by atoms with Gasteiger partial charge in [0.15, 0.2) is 5.78 Å². The molecule has 3 atom stereocenters. The van der Waals surface area contributed by atoms with Crippen molar-refractivity contribution < 1.29 is 19.7 Å². The van der Waals surface area contributed by atoms with Gasteiger partial charge in [-0.05, 0) is 55.9 Å². The number of hydrogen-bond acceptors (Lipinski definition) is 4. The molecule has 1 saturated carbocycles. The van der Waals surface area contributed by atoms with Gasteiger partial charge >= 0.3 is 0 Å². The number of ketones is 1. The number of phenolic OH excluding ortho intramolecular Hbond substituents is 2. The summed E-state index contributed by atoms with van der Waals surface area (Å²) in [6.07, 6.45) is 3.64. The van der Waals surface area contributed by atoms with Crippen LogP contribution in [0, 0.1) is 11.8 Å². The fourth-order valence-electron chi connectivity index (χ4n) is 5.26. The zero-order valence-electron chi connectivity index (χ0n) is 17.4. The van der Waals surface area contributed by atoms with Crippen LogP contribution in [0.1, 0.15) is 73.9 Å². The third-order valence-electron chi connectivity index (χ3n) is 6.80. The lowest BCUT2D eigenvalue weighted by Crippen LogP contribution is -2.45. The minimum absolute atomic E-state index is 0.0416. The van der Waals surface area contributed by atoms with Crippen molar-refractivity contribution in [3.8, 4) is 17.2 Å². The van der Waals surface area contributed by atoms with Crippen LogP contribution in [-0.4, -0.2) is 21.6 Å². The molecule has 154 valence electrons. The van der Waals surface area contributed by atoms with Crippen molar-refractivity contribution in [2.24, 2.45) is 11.8 Å². The van der Waals surface area contributed by atoms with Crippen molar-refractivity contribution in [2.75, 3.05) is 0 Å². The highest BCUT2D eigenvalue weighted by Crippen LogP contribution is 2.57. The number of carbonyl (C=O) groups is 1. The summed E-state index contributed by atoms with van der Waals surface area (Å²) in [7, 11) is 0. The molecule has 2 aliphatic rings. The van der Waals surface area contributed by atoms with E-state index in [0.29, 0.717) is 29.6 Å². The van der Waals surface area contributed by atoms with Crippen LogP contribution >= 0.6 is 0 Å². The first-order valence-corrected chi connectivity index (χ1v) is 10.6. The molecule has 2 aromatic carbocycles. The molecule has 0 saturated heterocycles. The SMILES string of the molecule is CC(C)[C@H]1CC[C@]2(C)C[C@H]1c1c(cc(O)c(C(=O)CCc3ccccc3)c1O)O2. The number of aryl methyl sites for hydroxylation is 1. The quantitative estimate of drug-likeness (QED) is 0.648. The van der Waals surface area contributed by atoms with E-state index in [0.717, 1.165) is 24.8 Å². The molecule has 4 rings (SSSR count). The Bertz CT molecular complexity index is 918. The molecule has 4 nitrogen and oxygen atoms in total. The van der Waals surface area contributed by atoms with E-state index in [2.05, 4.69) is 20.8 Å². The summed E-state index contributed by atoms with van der Waals surface area (Å²) in [5.74, 6) is 1.05. The van der Waals surface area contributed by atoms with Gasteiger partial charge in [-0.25, -0.2) is 0 Å². The second-order valence-electron chi connectivity index (χ2n) is 9.25. The van der Waals surface area contributed by atoms with Crippen LogP contribution in [0.15, 0.2) is 36.4 Å². The van der Waals surface area contributed by atoms with Gasteiger partial charge in [0.1, 0.15) is 28.4 Å². The topological polar surface area (TPSA) is 66.8 Å². The molecular weight excluding hydrogens is 364 g/mol. The van der Waals surface area contributed by atoms with Gasteiger partial charge in [-0.1, -0.05) is 44.2 Å². The van der Waals surface area contributed by atoms with Crippen molar-refractivity contribution in [3.05, 3.63) is 53.1 Å². The summed E-state index contributed by atoms with van der Waals surface area (Å²) in [6, 6.07) is 11.3. The first-order valence-electron chi connectivity index (χ1n) is 10.6. The van der Waals surface area contributed by atoms with E-state index in [1.807, 2.05) is 30.3 Å². The lowest BCUT2D eigenvalue weighted by molar-refractivity contribution is -0.00880. The Morgan fingerprint density at radius 3 is 2.66 bits per heavy atom. The Labute approximate surface area is 172 Å². The van der Waals surface area contributed by atoms with Crippen molar-refractivity contribution >= 4 is 5.78 Å². The Balaban J connectivity index is 1.69. The van der Waals surface area contributed by atoms with E-state index in [1.54, 1.807) is 0 Å². The van der Waals surface area contributed by atoms with Crippen LogP contribution < -0.4 is 4.74 Å². The van der Waals surface area contributed by atoms with Crippen LogP contribution in [-0.2, 0) is 6.42 Å². The third kappa shape index (κ3) is 3.61. The normalized spacial score (nSPS) is 25.4. The summed E-state index contributed by atoms with van der Waals surface area (Å²) in [5, 5.41) is 21.7. The second kappa shape index (κ2) is 7.40. The van der Waals surface area contributed by atoms with Gasteiger partial charge in [0.05, 0.1) is 0 Å². The minimum atomic E-state index is -0.277. The Morgan fingerprint density at radius 1 is 1.24 bits per heavy atom. The maximum absolute atomic E-state index is 12.9. The van der Waals surface area contributed by atoms with E-state index in [1.165, 1.54) is 6.07 Å². The number of fused-ring (bicyclic) bond motifs is 4. The molecule has 1 heterocycles. The average Bonchev–Trinajstić information content (AvgIpc) is 2.66. The number of Topliss-reactive ketones (excluding diaryl/α,β-unsaturated/α-hetero) is 1. The number of aromatic hydroxyl groups is 2. The third-order valence-corrected chi connectivity index (χ3v) is 6.80. The van der Waals surface area contributed by atoms with Gasteiger partial charge in [-0.3, -0.25) is 4.79 Å². The maximum Gasteiger partial charge on any atom is 0.170 e. The molecule has 2 bridgehead atoms. The molecule has 29 heavy (non-hydrogen) atoms. The molecule has 4 heteroatoms. The first-order chi connectivity index (χ1) is 13.8. The van der Waals surface area contributed by atoms with Crippen LogP contribution in [0.2, 0.25) is 0 Å². The monoisotopic (exact) mass is 394 g/mol. The molecule has 0 spiro atoms. The highest BCUT2D eigenvalue weighted by atomic mass is 16.5. The average molecular weight is 395 g/mol. The van der Waals surface area contributed by atoms with Gasteiger partial charge in [-0.15, -0.1) is 0 Å². The molecule has 0 unspecified atom stereocenters. The van der Waals surface area contributed by atoms with Gasteiger partial charge in [0.25, 0.3) is 0 Å². The summed E-state index contributed by atoms with van der Waals surface area (Å²) in [4.78, 5) is 12.9. The van der Waals surface area contributed by atoms with E-state index in [4.69, 9.17) is 4.74 Å². The molecule has 2 aromatic rings. The molecule has 0 amide bonds. The van der Waals surface area contributed by atoms with Crippen molar-refractivity contribution in [1.29, 1.82) is 0 Å². The highest BCUT2D eigenvalue weighted by Gasteiger charge is 2.47. The van der Waals surface area contributed by atoms with Crippen LogP contribution in [0.4, 0.5) is 0 Å². The van der Waals surface area contributed by atoms with Crippen molar-refractivity contribution in [3.63, 3.8) is 0 Å². The lowest BCUT2D eigenvalue weighted by atomic mass is 9.64. The summed E-state index contributed by atoms with van der Waals surface area (Å²) in [6.45, 7) is 6.53. The predicted molar refractivity (Wildman–Crippen MR) is 113 cm³/mol. The number of carbonyl (C=O) groups excluding carboxylic acids is 1. The Morgan fingerprint density at radius 2 is 1.97 bits per heavy atom. The number of phenols is 2. The van der Waals surface area contributed by atoms with E-state index in [9.17, 15) is 15.0 Å². The number of ether oxygens (including phenoxy) is 1. The van der Waals surface area contributed by atoms with Crippen molar-refractivity contribution in [2.45, 2.75) is 64.4 Å². The zero-order valence-corrected chi connectivity index (χ0v) is 17.4. The minimum Gasteiger partial charge on any atom is -0.507 e. The standard InChI is InChI=1S/C25H30O4/c1-15(2)17-11-12-25(3)14-18(17)22-21(29-25)13-20(27)23(24(22)28)19(26)10-9-16-7-5-4-6-8-16/h4-8,13,15,17-18,27-28H,9-12,14H2,1-3H3/t17-,18-,25-/m1/s1. The lowest BCUT2D eigenvalue weighted by Gasteiger charge is -2.49. The van der Waals surface area contributed by atoms with E-state index < -0.39 is 0 Å². The van der Waals surface area contributed by atoms with Gasteiger partial charge in [0.2, 0.25) is 0 Å². The number of hydrogen-bond donors (Lipinski definition) is 2. The highest BCUT2D eigenvalue weighted by molar-refractivity contribution is 6.02. The summed E-state index contributed by atoms with van der Waals surface area (Å²) in [5.41, 5.74) is 1.53. The van der Waals surface area contributed by atoms with Crippen molar-refractivity contribution in [1.82, 2.24) is 0 Å². The Hall–Kier alpha value is -2.49. The van der Waals surface area contributed by atoms with Crippen LogP contribution in [0.25, 0.3) is 0 Å².